The van der Waals surface area contributed by atoms with E-state index in [0.29, 0.717) is 29.2 Å². The maximum Gasteiger partial charge on any atom is 0.408 e. The minimum atomic E-state index is -0.615. The van der Waals surface area contributed by atoms with Crippen LogP contribution in [0.25, 0.3) is 0 Å². The average Bonchev–Trinajstić information content (AvgIpc) is 2.79. The Balaban J connectivity index is 0.000000380. The molecule has 210 valence electrons. The van der Waals surface area contributed by atoms with Crippen LogP contribution in [0.4, 0.5) is 9.59 Å². The number of ether oxygens (including phenoxy) is 2. The summed E-state index contributed by atoms with van der Waals surface area (Å²) in [4.78, 5) is 34.1. The van der Waals surface area contributed by atoms with Crippen molar-refractivity contribution in [2.24, 2.45) is 0 Å². The van der Waals surface area contributed by atoms with Crippen LogP contribution in [0.2, 0.25) is 10.0 Å². The number of alkyl carbamates (subject to hydrolysis) is 2. The van der Waals surface area contributed by atoms with E-state index in [1.165, 1.54) is 0 Å². The second kappa shape index (κ2) is 15.6. The highest BCUT2D eigenvalue weighted by atomic mass is 35.5. The zero-order valence-corrected chi connectivity index (χ0v) is 24.2. The van der Waals surface area contributed by atoms with E-state index in [1.807, 2.05) is 24.3 Å². The number of amides is 2. The summed E-state index contributed by atoms with van der Waals surface area (Å²) in [6.07, 6.45) is 0.491. The van der Waals surface area contributed by atoms with E-state index in [1.54, 1.807) is 65.8 Å². The molecule has 0 bridgehead atoms. The summed E-state index contributed by atoms with van der Waals surface area (Å²) in [5, 5.41) is 15.7. The Hall–Kier alpha value is -2.81. The molecule has 0 aromatic heterocycles. The standard InChI is InChI=1S/C14H20ClNO3.C14H18ClNO3/c2*1-14(2,3)19-13(18)16-12(9-17)8-10-4-6-11(15)7-5-10/h4-7,12,17H,8-9H2,1-3H3,(H,16,18);4-7,9,12H,8H2,1-3H3,(H,16,18). The lowest BCUT2D eigenvalue weighted by atomic mass is 10.1. The van der Waals surface area contributed by atoms with E-state index in [0.717, 1.165) is 11.1 Å². The van der Waals surface area contributed by atoms with Crippen LogP contribution in [0.15, 0.2) is 48.5 Å². The molecule has 2 unspecified atom stereocenters. The second-order valence-corrected chi connectivity index (χ2v) is 11.4. The molecule has 0 aliphatic rings. The van der Waals surface area contributed by atoms with Gasteiger partial charge in [-0.15, -0.1) is 0 Å². The summed E-state index contributed by atoms with van der Waals surface area (Å²) in [6.45, 7) is 10.5. The molecule has 2 amide bonds. The fraction of sp³-hybridized carbons (Fsp3) is 0.464. The van der Waals surface area contributed by atoms with E-state index < -0.39 is 29.4 Å². The highest BCUT2D eigenvalue weighted by Gasteiger charge is 2.20. The van der Waals surface area contributed by atoms with Crippen molar-refractivity contribution in [1.29, 1.82) is 0 Å². The van der Waals surface area contributed by atoms with Crippen molar-refractivity contribution in [3.05, 3.63) is 69.7 Å². The molecule has 38 heavy (non-hydrogen) atoms. The van der Waals surface area contributed by atoms with Crippen LogP contribution in [0.1, 0.15) is 52.7 Å². The van der Waals surface area contributed by atoms with Crippen molar-refractivity contribution >= 4 is 41.7 Å². The van der Waals surface area contributed by atoms with Gasteiger partial charge >= 0.3 is 12.2 Å². The molecule has 0 radical (unpaired) electrons. The monoisotopic (exact) mass is 568 g/mol. The maximum atomic E-state index is 11.6. The number of hydrogen-bond donors (Lipinski definition) is 3. The molecule has 2 atom stereocenters. The van der Waals surface area contributed by atoms with Crippen molar-refractivity contribution in [2.75, 3.05) is 6.61 Å². The third kappa shape index (κ3) is 15.4. The number of hydrogen-bond acceptors (Lipinski definition) is 6. The number of aliphatic hydroxyl groups is 1. The Bertz CT molecular complexity index is 1020. The van der Waals surface area contributed by atoms with Gasteiger partial charge < -0.3 is 30.0 Å². The van der Waals surface area contributed by atoms with Crippen LogP contribution in [0.5, 0.6) is 0 Å². The van der Waals surface area contributed by atoms with Gasteiger partial charge in [-0.25, -0.2) is 9.59 Å². The molecule has 0 heterocycles. The normalized spacial score (nSPS) is 12.8. The van der Waals surface area contributed by atoms with Gasteiger partial charge in [-0.1, -0.05) is 47.5 Å². The van der Waals surface area contributed by atoms with Crippen LogP contribution < -0.4 is 10.6 Å². The molecular weight excluding hydrogens is 531 g/mol. The van der Waals surface area contributed by atoms with Crippen molar-refractivity contribution in [1.82, 2.24) is 10.6 Å². The first-order chi connectivity index (χ1) is 17.6. The lowest BCUT2D eigenvalue weighted by Crippen LogP contribution is -2.42. The first-order valence-electron chi connectivity index (χ1n) is 12.1. The van der Waals surface area contributed by atoms with Crippen molar-refractivity contribution in [3.8, 4) is 0 Å². The van der Waals surface area contributed by atoms with Gasteiger partial charge in [0.25, 0.3) is 0 Å². The summed E-state index contributed by atoms with van der Waals surface area (Å²) < 4.78 is 10.2. The van der Waals surface area contributed by atoms with E-state index in [2.05, 4.69) is 10.6 Å². The number of nitrogens with one attached hydrogen (secondary N) is 2. The van der Waals surface area contributed by atoms with Gasteiger partial charge in [-0.3, -0.25) is 0 Å². The molecule has 8 nitrogen and oxygen atoms in total. The quantitative estimate of drug-likeness (QED) is 0.350. The Labute approximate surface area is 235 Å². The summed E-state index contributed by atoms with van der Waals surface area (Å²) in [7, 11) is 0. The summed E-state index contributed by atoms with van der Waals surface area (Å²) in [5.74, 6) is 0. The van der Waals surface area contributed by atoms with Gasteiger partial charge in [0, 0.05) is 10.0 Å². The predicted molar refractivity (Wildman–Crippen MR) is 150 cm³/mol. The van der Waals surface area contributed by atoms with E-state index >= 15 is 0 Å². The molecule has 3 N–H and O–H groups in total. The lowest BCUT2D eigenvalue weighted by Gasteiger charge is -2.22. The van der Waals surface area contributed by atoms with Crippen LogP contribution in [-0.2, 0) is 27.1 Å². The zero-order chi connectivity index (χ0) is 28.9. The Morgan fingerprint density at radius 2 is 1.18 bits per heavy atom. The molecule has 2 rings (SSSR count). The Morgan fingerprint density at radius 1 is 0.789 bits per heavy atom. The number of halogens is 2. The van der Waals surface area contributed by atoms with Crippen molar-refractivity contribution < 1.29 is 29.0 Å². The third-order valence-electron chi connectivity index (χ3n) is 4.57. The van der Waals surface area contributed by atoms with E-state index in [-0.39, 0.29) is 12.6 Å². The topological polar surface area (TPSA) is 114 Å². The molecule has 0 aliphatic heterocycles. The number of benzene rings is 2. The smallest absolute Gasteiger partial charge is 0.408 e. The van der Waals surface area contributed by atoms with Gasteiger partial charge in [0.1, 0.15) is 17.5 Å². The first-order valence-corrected chi connectivity index (χ1v) is 12.9. The number of carbonyl (C=O) groups is 3. The number of carbonyl (C=O) groups excluding carboxylic acids is 3. The molecule has 0 saturated heterocycles. The summed E-state index contributed by atoms with van der Waals surface area (Å²) in [5.41, 5.74) is 0.763. The first kappa shape index (κ1) is 33.2. The highest BCUT2D eigenvalue weighted by Crippen LogP contribution is 2.13. The minimum Gasteiger partial charge on any atom is -0.444 e. The van der Waals surface area contributed by atoms with E-state index in [9.17, 15) is 19.5 Å². The van der Waals surface area contributed by atoms with Gasteiger partial charge in [-0.2, -0.15) is 0 Å². The molecule has 2 aromatic carbocycles. The van der Waals surface area contributed by atoms with Gasteiger partial charge in [-0.05, 0) is 89.8 Å². The minimum absolute atomic E-state index is 0.151. The van der Waals surface area contributed by atoms with Crippen molar-refractivity contribution in [2.45, 2.75) is 77.7 Å². The molecule has 10 heteroatoms. The summed E-state index contributed by atoms with van der Waals surface area (Å²) >= 11 is 11.6. The molecule has 0 spiro atoms. The lowest BCUT2D eigenvalue weighted by molar-refractivity contribution is -0.109. The maximum absolute atomic E-state index is 11.6. The molecule has 0 aliphatic carbocycles. The SMILES string of the molecule is CC(C)(C)OC(=O)NC(C=O)Cc1ccc(Cl)cc1.CC(C)(C)OC(=O)NC(CO)Cc1ccc(Cl)cc1. The van der Waals surface area contributed by atoms with Gasteiger partial charge in [0.05, 0.1) is 18.7 Å². The van der Waals surface area contributed by atoms with Gasteiger partial charge in [0.2, 0.25) is 0 Å². The molecular formula is C28H38Cl2N2O6. The number of rotatable bonds is 8. The Kier molecular flexibility index (Phi) is 13.6. The third-order valence-corrected chi connectivity index (χ3v) is 5.08. The average molecular weight is 570 g/mol. The molecule has 2 aromatic rings. The number of aliphatic hydroxyl groups excluding tert-OH is 1. The van der Waals surface area contributed by atoms with E-state index in [4.69, 9.17) is 32.7 Å². The fourth-order valence-electron chi connectivity index (χ4n) is 3.01. The van der Waals surface area contributed by atoms with Crippen molar-refractivity contribution in [3.63, 3.8) is 0 Å². The van der Waals surface area contributed by atoms with Gasteiger partial charge in [0.15, 0.2) is 0 Å². The van der Waals surface area contributed by atoms with Crippen LogP contribution in [0.3, 0.4) is 0 Å². The van der Waals surface area contributed by atoms with Crippen LogP contribution >= 0.6 is 23.2 Å². The van der Waals surface area contributed by atoms with Crippen LogP contribution in [-0.4, -0.2) is 53.5 Å². The highest BCUT2D eigenvalue weighted by molar-refractivity contribution is 6.30. The molecule has 0 fully saturated rings. The second-order valence-electron chi connectivity index (χ2n) is 10.6. The fourth-order valence-corrected chi connectivity index (χ4v) is 3.26. The summed E-state index contributed by atoms with van der Waals surface area (Å²) in [6, 6.07) is 13.4. The van der Waals surface area contributed by atoms with Crippen LogP contribution in [0, 0.1) is 0 Å². The largest absolute Gasteiger partial charge is 0.444 e. The Morgan fingerprint density at radius 3 is 1.55 bits per heavy atom. The molecule has 0 saturated carbocycles. The predicted octanol–water partition coefficient (Wildman–Crippen LogP) is 5.74. The zero-order valence-electron chi connectivity index (χ0n) is 22.7. The number of aldehydes is 1.